The Kier molecular flexibility index (Phi) is 8.03. The number of carbonyl (C=O) groups is 1. The number of amides is 1. The molecule has 0 saturated heterocycles. The van der Waals surface area contributed by atoms with E-state index < -0.39 is 32.5 Å². The number of nitrogens with zero attached hydrogens (tertiary/aromatic N) is 2. The number of rotatable bonds is 9. The highest BCUT2D eigenvalue weighted by atomic mass is 32.2. The summed E-state index contributed by atoms with van der Waals surface area (Å²) in [4.78, 5) is 17.0. The molecular formula is C28H28N4O5S2. The fourth-order valence-corrected chi connectivity index (χ4v) is 6.17. The minimum absolute atomic E-state index is 0.0111. The molecule has 0 fully saturated rings. The first-order chi connectivity index (χ1) is 18.5. The molecule has 4 aromatic rings. The van der Waals surface area contributed by atoms with Crippen LogP contribution < -0.4 is 14.3 Å². The molecule has 9 nitrogen and oxygen atoms in total. The Morgan fingerprint density at radius 2 is 1.46 bits per heavy atom. The number of benzene rings is 3. The molecule has 2 N–H and O–H groups in total. The summed E-state index contributed by atoms with van der Waals surface area (Å²) in [6, 6.07) is 20.4. The van der Waals surface area contributed by atoms with Crippen molar-refractivity contribution in [3.05, 3.63) is 108 Å². The summed E-state index contributed by atoms with van der Waals surface area (Å²) < 4.78 is 56.0. The van der Waals surface area contributed by atoms with E-state index in [1.807, 2.05) is 20.8 Å². The molecule has 0 aliphatic carbocycles. The number of anilines is 3. The van der Waals surface area contributed by atoms with Gasteiger partial charge in [0.05, 0.1) is 27.4 Å². The van der Waals surface area contributed by atoms with Crippen molar-refractivity contribution in [3.8, 4) is 0 Å². The number of carbonyl (C=O) groups excluding carboxylic acids is 1. The van der Waals surface area contributed by atoms with Crippen LogP contribution in [0, 0.1) is 20.8 Å². The normalized spacial score (nSPS) is 11.6. The van der Waals surface area contributed by atoms with E-state index in [2.05, 4.69) is 15.0 Å². The van der Waals surface area contributed by atoms with Crippen LogP contribution in [0.2, 0.25) is 0 Å². The molecule has 1 amide bonds. The summed E-state index contributed by atoms with van der Waals surface area (Å²) in [5.74, 6) is -0.590. The van der Waals surface area contributed by atoms with Crippen molar-refractivity contribution in [3.63, 3.8) is 0 Å². The van der Waals surface area contributed by atoms with E-state index in [-0.39, 0.29) is 9.79 Å². The Labute approximate surface area is 228 Å². The van der Waals surface area contributed by atoms with Crippen molar-refractivity contribution in [1.29, 1.82) is 0 Å². The molecule has 1 aromatic heterocycles. The van der Waals surface area contributed by atoms with Gasteiger partial charge in [-0.15, -0.1) is 0 Å². The van der Waals surface area contributed by atoms with Crippen LogP contribution in [0.3, 0.4) is 0 Å². The van der Waals surface area contributed by atoms with Crippen LogP contribution in [0.15, 0.2) is 101 Å². The third-order valence-electron chi connectivity index (χ3n) is 6.04. The van der Waals surface area contributed by atoms with Gasteiger partial charge in [0.15, 0.2) is 0 Å². The fraction of sp³-hybridized carbons (Fsp3) is 0.143. The molecule has 0 spiro atoms. The molecule has 0 bridgehead atoms. The van der Waals surface area contributed by atoms with E-state index in [0.717, 1.165) is 21.0 Å². The molecule has 3 aromatic carbocycles. The first-order valence-corrected chi connectivity index (χ1v) is 14.9. The number of nitrogens with one attached hydrogen (secondary N) is 2. The molecule has 202 valence electrons. The Morgan fingerprint density at radius 1 is 0.795 bits per heavy atom. The summed E-state index contributed by atoms with van der Waals surface area (Å²) in [5, 5.41) is 2.66. The number of aryl methyl sites for hydroxylation is 3. The van der Waals surface area contributed by atoms with Gasteiger partial charge in [0.2, 0.25) is 5.91 Å². The number of pyridine rings is 1. The summed E-state index contributed by atoms with van der Waals surface area (Å²) in [6.07, 6.45) is 2.92. The first-order valence-electron chi connectivity index (χ1n) is 12.0. The number of sulfonamides is 2. The van der Waals surface area contributed by atoms with E-state index >= 15 is 0 Å². The van der Waals surface area contributed by atoms with Crippen molar-refractivity contribution < 1.29 is 21.6 Å². The van der Waals surface area contributed by atoms with Gasteiger partial charge in [0.25, 0.3) is 20.0 Å². The average molecular weight is 565 g/mol. The van der Waals surface area contributed by atoms with Crippen LogP contribution >= 0.6 is 0 Å². The maximum Gasteiger partial charge on any atom is 0.264 e. The quantitative estimate of drug-likeness (QED) is 0.305. The van der Waals surface area contributed by atoms with Crippen molar-refractivity contribution >= 4 is 43.0 Å². The highest BCUT2D eigenvalue weighted by Crippen LogP contribution is 2.26. The first kappa shape index (κ1) is 27.8. The van der Waals surface area contributed by atoms with Crippen molar-refractivity contribution in [2.75, 3.05) is 20.9 Å². The van der Waals surface area contributed by atoms with Gasteiger partial charge in [-0.1, -0.05) is 23.8 Å². The van der Waals surface area contributed by atoms with Gasteiger partial charge in [-0.3, -0.25) is 18.8 Å². The lowest BCUT2D eigenvalue weighted by molar-refractivity contribution is -0.114. The Morgan fingerprint density at radius 3 is 2.08 bits per heavy atom. The van der Waals surface area contributed by atoms with Gasteiger partial charge >= 0.3 is 0 Å². The van der Waals surface area contributed by atoms with E-state index in [0.29, 0.717) is 17.1 Å². The fourth-order valence-electron chi connectivity index (χ4n) is 3.72. The van der Waals surface area contributed by atoms with Gasteiger partial charge in [0, 0.05) is 11.9 Å². The molecule has 0 aliphatic rings. The van der Waals surface area contributed by atoms with Crippen molar-refractivity contribution in [2.45, 2.75) is 30.6 Å². The Hall–Kier alpha value is -4.22. The van der Waals surface area contributed by atoms with E-state index in [4.69, 9.17) is 0 Å². The van der Waals surface area contributed by atoms with Gasteiger partial charge in [0.1, 0.15) is 6.54 Å². The highest BCUT2D eigenvalue weighted by molar-refractivity contribution is 7.93. The predicted octanol–water partition coefficient (Wildman–Crippen LogP) is 4.64. The van der Waals surface area contributed by atoms with Gasteiger partial charge in [-0.05, 0) is 92.6 Å². The smallest absolute Gasteiger partial charge is 0.264 e. The minimum Gasteiger partial charge on any atom is -0.325 e. The predicted molar refractivity (Wildman–Crippen MR) is 152 cm³/mol. The van der Waals surface area contributed by atoms with Crippen LogP contribution in [0.1, 0.15) is 16.7 Å². The zero-order chi connectivity index (χ0) is 28.2. The monoisotopic (exact) mass is 564 g/mol. The third-order valence-corrected chi connectivity index (χ3v) is 9.22. The van der Waals surface area contributed by atoms with Crippen LogP contribution in [0.25, 0.3) is 0 Å². The molecule has 0 atom stereocenters. The largest absolute Gasteiger partial charge is 0.325 e. The van der Waals surface area contributed by atoms with Crippen molar-refractivity contribution in [1.82, 2.24) is 4.98 Å². The Balaban J connectivity index is 1.55. The van der Waals surface area contributed by atoms with Crippen LogP contribution in [-0.4, -0.2) is 34.3 Å². The molecule has 4 rings (SSSR count). The topological polar surface area (TPSA) is 126 Å². The van der Waals surface area contributed by atoms with Gasteiger partial charge < -0.3 is 5.32 Å². The highest BCUT2D eigenvalue weighted by Gasteiger charge is 2.27. The zero-order valence-corrected chi connectivity index (χ0v) is 23.3. The average Bonchev–Trinajstić information content (AvgIpc) is 2.90. The summed E-state index contributed by atoms with van der Waals surface area (Å²) >= 11 is 0. The third kappa shape index (κ3) is 6.62. The molecule has 1 heterocycles. The van der Waals surface area contributed by atoms with Crippen LogP contribution in [0.5, 0.6) is 0 Å². The minimum atomic E-state index is -4.06. The summed E-state index contributed by atoms with van der Waals surface area (Å²) in [7, 11) is -7.93. The van der Waals surface area contributed by atoms with Crippen LogP contribution in [0.4, 0.5) is 17.1 Å². The standard InChI is InChI=1S/C28H28N4O5S2/c1-20-6-12-27(13-7-20)39(36,37)32(25-11-8-21(2)22(3)17-25)19-28(33)30-23-9-14-26(15-10-23)38(34,35)31-24-5-4-16-29-18-24/h4-18,31H,19H2,1-3H3,(H,30,33). The lowest BCUT2D eigenvalue weighted by Gasteiger charge is -2.25. The lowest BCUT2D eigenvalue weighted by Crippen LogP contribution is -2.38. The molecular weight excluding hydrogens is 536 g/mol. The van der Waals surface area contributed by atoms with E-state index in [9.17, 15) is 21.6 Å². The molecule has 0 aliphatic heterocycles. The molecule has 39 heavy (non-hydrogen) atoms. The molecule has 11 heteroatoms. The van der Waals surface area contributed by atoms with Gasteiger partial charge in [-0.2, -0.15) is 0 Å². The maximum atomic E-state index is 13.6. The SMILES string of the molecule is Cc1ccc(S(=O)(=O)N(CC(=O)Nc2ccc(S(=O)(=O)Nc3cccnc3)cc2)c2ccc(C)c(C)c2)cc1. The maximum absolute atomic E-state index is 13.6. The van der Waals surface area contributed by atoms with E-state index in [1.165, 1.54) is 48.8 Å². The summed E-state index contributed by atoms with van der Waals surface area (Å²) in [6.45, 7) is 5.16. The van der Waals surface area contributed by atoms with E-state index in [1.54, 1.807) is 42.5 Å². The molecule has 0 unspecified atom stereocenters. The number of hydrogen-bond acceptors (Lipinski definition) is 6. The second kappa shape index (κ2) is 11.3. The lowest BCUT2D eigenvalue weighted by atomic mass is 10.1. The summed E-state index contributed by atoms with van der Waals surface area (Å²) in [5.41, 5.74) is 3.77. The Bertz CT molecular complexity index is 1690. The van der Waals surface area contributed by atoms with Gasteiger partial charge in [-0.25, -0.2) is 16.8 Å². The zero-order valence-electron chi connectivity index (χ0n) is 21.6. The molecule has 0 radical (unpaired) electrons. The number of aromatic nitrogens is 1. The molecule has 0 saturated carbocycles. The number of hydrogen-bond donors (Lipinski definition) is 2. The van der Waals surface area contributed by atoms with Crippen LogP contribution in [-0.2, 0) is 24.8 Å². The second-order valence-corrected chi connectivity index (χ2v) is 12.6. The van der Waals surface area contributed by atoms with Crippen molar-refractivity contribution in [2.24, 2.45) is 0 Å². The second-order valence-electron chi connectivity index (χ2n) is 9.01.